The van der Waals surface area contributed by atoms with Gasteiger partial charge in [0.1, 0.15) is 5.66 Å². The van der Waals surface area contributed by atoms with E-state index in [1.807, 2.05) is 29.2 Å². The summed E-state index contributed by atoms with van der Waals surface area (Å²) in [5.41, 5.74) is 13.3. The third kappa shape index (κ3) is 3.69. The fraction of sp³-hybridized carbons (Fsp3) is 0.550. The van der Waals surface area contributed by atoms with Crippen LogP contribution in [-0.2, 0) is 4.79 Å². The number of likely N-dealkylation sites (tertiary alicyclic amines) is 1. The molecule has 0 atom stereocenters. The van der Waals surface area contributed by atoms with Gasteiger partial charge in [-0.05, 0) is 63.7 Å². The molecule has 28 heavy (non-hydrogen) atoms. The summed E-state index contributed by atoms with van der Waals surface area (Å²) in [5, 5.41) is 3.08. The Morgan fingerprint density at radius 1 is 1.07 bits per heavy atom. The largest absolute Gasteiger partial charge is 0.369 e. The number of hydrogen-bond donors (Lipinski definition) is 3. The molecule has 0 unspecified atom stereocenters. The SMILES string of the molecule is NC1=NC2(CCCCC2)N(c2ccccc2NC(=O)CN2CCCC2)C(N)=N1. The third-order valence-electron chi connectivity index (χ3n) is 5.84. The van der Waals surface area contributed by atoms with Gasteiger partial charge in [0.15, 0.2) is 0 Å². The van der Waals surface area contributed by atoms with E-state index in [0.717, 1.165) is 63.0 Å². The molecule has 1 aromatic carbocycles. The van der Waals surface area contributed by atoms with Gasteiger partial charge in [-0.2, -0.15) is 4.99 Å². The smallest absolute Gasteiger partial charge is 0.238 e. The monoisotopic (exact) mass is 383 g/mol. The van der Waals surface area contributed by atoms with Crippen LogP contribution in [0.25, 0.3) is 0 Å². The van der Waals surface area contributed by atoms with Gasteiger partial charge >= 0.3 is 0 Å². The molecule has 1 aliphatic carbocycles. The van der Waals surface area contributed by atoms with E-state index < -0.39 is 5.66 Å². The van der Waals surface area contributed by atoms with Gasteiger partial charge in [0.25, 0.3) is 0 Å². The second kappa shape index (κ2) is 7.79. The molecule has 5 N–H and O–H groups in total. The number of benzene rings is 1. The standard InChI is InChI=1S/C20H29N7O/c21-18-24-19(22)27(20(25-18)10-4-1-5-11-20)16-9-3-2-8-15(16)23-17(28)14-26-12-6-7-13-26/h2-3,8-9H,1,4-7,10-14H2,(H,23,28)(H4,21,22,24,25). The molecule has 1 aromatic rings. The molecule has 1 spiro atoms. The normalized spacial score (nSPS) is 22.1. The average molecular weight is 384 g/mol. The lowest BCUT2D eigenvalue weighted by molar-refractivity contribution is -0.117. The van der Waals surface area contributed by atoms with Crippen LogP contribution in [0, 0.1) is 0 Å². The number of nitrogens with two attached hydrogens (primary N) is 2. The Labute approximate surface area is 165 Å². The molecule has 2 aliphatic heterocycles. The number of para-hydroxylation sites is 2. The van der Waals surface area contributed by atoms with Crippen molar-refractivity contribution in [3.8, 4) is 0 Å². The van der Waals surface area contributed by atoms with Crippen molar-refractivity contribution in [3.05, 3.63) is 24.3 Å². The van der Waals surface area contributed by atoms with E-state index in [1.165, 1.54) is 6.42 Å². The zero-order valence-corrected chi connectivity index (χ0v) is 16.2. The zero-order chi connectivity index (χ0) is 19.6. The van der Waals surface area contributed by atoms with Crippen LogP contribution in [0.4, 0.5) is 11.4 Å². The molecule has 1 saturated heterocycles. The van der Waals surface area contributed by atoms with Crippen LogP contribution in [0.15, 0.2) is 34.3 Å². The maximum absolute atomic E-state index is 12.6. The van der Waals surface area contributed by atoms with Gasteiger partial charge in [-0.3, -0.25) is 14.6 Å². The Bertz CT molecular complexity index is 791. The van der Waals surface area contributed by atoms with Gasteiger partial charge in [-0.1, -0.05) is 18.6 Å². The molecule has 8 nitrogen and oxygen atoms in total. The van der Waals surface area contributed by atoms with Crippen LogP contribution < -0.4 is 21.7 Å². The number of carbonyl (C=O) groups is 1. The summed E-state index contributed by atoms with van der Waals surface area (Å²) in [6.07, 6.45) is 7.34. The number of aliphatic imine (C=N–C) groups is 2. The molecule has 3 aliphatic rings. The maximum Gasteiger partial charge on any atom is 0.238 e. The van der Waals surface area contributed by atoms with Gasteiger partial charge in [0.05, 0.1) is 17.9 Å². The highest BCUT2D eigenvalue weighted by atomic mass is 16.2. The summed E-state index contributed by atoms with van der Waals surface area (Å²) in [5.74, 6) is 0.546. The second-order valence-electron chi connectivity index (χ2n) is 7.87. The summed E-state index contributed by atoms with van der Waals surface area (Å²) in [7, 11) is 0. The van der Waals surface area contributed by atoms with E-state index in [0.29, 0.717) is 12.5 Å². The first-order chi connectivity index (χ1) is 13.6. The molecule has 4 rings (SSSR count). The van der Waals surface area contributed by atoms with Crippen molar-refractivity contribution in [1.29, 1.82) is 0 Å². The first-order valence-corrected chi connectivity index (χ1v) is 10.2. The highest BCUT2D eigenvalue weighted by Crippen LogP contribution is 2.41. The third-order valence-corrected chi connectivity index (χ3v) is 5.84. The quantitative estimate of drug-likeness (QED) is 0.734. The van der Waals surface area contributed by atoms with Crippen LogP contribution in [-0.4, -0.2) is 48.0 Å². The van der Waals surface area contributed by atoms with Crippen LogP contribution in [0.1, 0.15) is 44.9 Å². The van der Waals surface area contributed by atoms with Gasteiger partial charge in [0.2, 0.25) is 17.8 Å². The Balaban J connectivity index is 1.62. The molecule has 0 bridgehead atoms. The lowest BCUT2D eigenvalue weighted by Crippen LogP contribution is -2.58. The summed E-state index contributed by atoms with van der Waals surface area (Å²) in [6.45, 7) is 2.38. The number of rotatable bonds is 4. The predicted octanol–water partition coefficient (Wildman–Crippen LogP) is 1.83. The van der Waals surface area contributed by atoms with Crippen molar-refractivity contribution >= 4 is 29.2 Å². The van der Waals surface area contributed by atoms with Gasteiger partial charge in [-0.25, -0.2) is 4.99 Å². The Morgan fingerprint density at radius 2 is 1.79 bits per heavy atom. The van der Waals surface area contributed by atoms with Crippen LogP contribution in [0.5, 0.6) is 0 Å². The first kappa shape index (κ1) is 18.7. The van der Waals surface area contributed by atoms with Gasteiger partial charge in [-0.15, -0.1) is 0 Å². The van der Waals surface area contributed by atoms with Crippen molar-refractivity contribution in [2.45, 2.75) is 50.6 Å². The molecule has 1 saturated carbocycles. The van der Waals surface area contributed by atoms with E-state index in [4.69, 9.17) is 16.5 Å². The van der Waals surface area contributed by atoms with E-state index in [9.17, 15) is 4.79 Å². The second-order valence-corrected chi connectivity index (χ2v) is 7.87. The Kier molecular flexibility index (Phi) is 5.21. The Hall–Kier alpha value is -2.61. The highest BCUT2D eigenvalue weighted by Gasteiger charge is 2.43. The molecule has 8 heteroatoms. The number of carbonyl (C=O) groups excluding carboxylic acids is 1. The molecular formula is C20H29N7O. The molecular weight excluding hydrogens is 354 g/mol. The summed E-state index contributed by atoms with van der Waals surface area (Å²) >= 11 is 0. The van der Waals surface area contributed by atoms with Crippen molar-refractivity contribution in [1.82, 2.24) is 4.90 Å². The number of nitrogens with one attached hydrogen (secondary N) is 1. The molecule has 1 amide bonds. The van der Waals surface area contributed by atoms with E-state index in [-0.39, 0.29) is 11.9 Å². The topological polar surface area (TPSA) is 112 Å². The molecule has 2 fully saturated rings. The average Bonchev–Trinajstić information content (AvgIpc) is 3.16. The summed E-state index contributed by atoms with van der Waals surface area (Å²) < 4.78 is 0. The van der Waals surface area contributed by atoms with Crippen molar-refractivity contribution in [2.75, 3.05) is 29.9 Å². The van der Waals surface area contributed by atoms with Crippen LogP contribution in [0.3, 0.4) is 0 Å². The summed E-state index contributed by atoms with van der Waals surface area (Å²) in [6, 6.07) is 7.72. The van der Waals surface area contributed by atoms with Crippen LogP contribution >= 0.6 is 0 Å². The number of hydrogen-bond acceptors (Lipinski definition) is 7. The molecule has 0 radical (unpaired) electrons. The minimum Gasteiger partial charge on any atom is -0.369 e. The minimum absolute atomic E-state index is 0.0115. The van der Waals surface area contributed by atoms with E-state index in [1.54, 1.807) is 0 Å². The van der Waals surface area contributed by atoms with Crippen molar-refractivity contribution in [3.63, 3.8) is 0 Å². The van der Waals surface area contributed by atoms with Gasteiger partial charge < -0.3 is 16.8 Å². The zero-order valence-electron chi connectivity index (χ0n) is 16.2. The van der Waals surface area contributed by atoms with E-state index in [2.05, 4.69) is 15.2 Å². The van der Waals surface area contributed by atoms with Crippen molar-refractivity contribution in [2.24, 2.45) is 21.5 Å². The number of amides is 1. The molecule has 0 aromatic heterocycles. The summed E-state index contributed by atoms with van der Waals surface area (Å²) in [4.78, 5) is 25.7. The van der Waals surface area contributed by atoms with Crippen LogP contribution in [0.2, 0.25) is 0 Å². The number of anilines is 2. The fourth-order valence-electron chi connectivity index (χ4n) is 4.58. The highest BCUT2D eigenvalue weighted by molar-refractivity contribution is 6.08. The predicted molar refractivity (Wildman–Crippen MR) is 112 cm³/mol. The number of guanidine groups is 2. The Morgan fingerprint density at radius 3 is 2.54 bits per heavy atom. The molecule has 150 valence electrons. The lowest BCUT2D eigenvalue weighted by Gasteiger charge is -2.46. The first-order valence-electron chi connectivity index (χ1n) is 10.2. The van der Waals surface area contributed by atoms with E-state index >= 15 is 0 Å². The van der Waals surface area contributed by atoms with Crippen molar-refractivity contribution < 1.29 is 4.79 Å². The fourth-order valence-corrected chi connectivity index (χ4v) is 4.58. The minimum atomic E-state index is -0.524. The maximum atomic E-state index is 12.6. The van der Waals surface area contributed by atoms with Gasteiger partial charge in [0, 0.05) is 0 Å². The molecule has 2 heterocycles. The lowest BCUT2D eigenvalue weighted by atomic mass is 9.87. The number of nitrogens with zero attached hydrogens (tertiary/aromatic N) is 4.